The number of nitrogens with zero attached hydrogens (tertiary/aromatic N) is 3. The quantitative estimate of drug-likeness (QED) is 0.515. The van der Waals surface area contributed by atoms with Crippen LogP contribution in [0.1, 0.15) is 12.5 Å². The van der Waals surface area contributed by atoms with Crippen LogP contribution in [-0.4, -0.2) is 51.2 Å². The summed E-state index contributed by atoms with van der Waals surface area (Å²) in [6.45, 7) is 2.00. The number of hydrogen-bond acceptors (Lipinski definition) is 5. The number of para-hydroxylation sites is 1. The van der Waals surface area contributed by atoms with E-state index in [2.05, 4.69) is 20.5 Å². The molecule has 1 heterocycles. The van der Waals surface area contributed by atoms with Crippen LogP contribution in [-0.2, 0) is 16.0 Å². The Hall–Kier alpha value is -2.84. The number of halogens is 1. The van der Waals surface area contributed by atoms with Gasteiger partial charge in [0.15, 0.2) is 5.82 Å². The molecule has 30 heavy (non-hydrogen) atoms. The number of carbonyl (C=O) groups excluding carboxylic acids is 2. The number of H-pyrrole nitrogens is 1. The normalized spacial score (nSPS) is 10.6. The zero-order valence-corrected chi connectivity index (χ0v) is 18.3. The number of carbonyl (C=O) groups is 2. The first kappa shape index (κ1) is 21.9. The molecule has 0 unspecified atom stereocenters. The van der Waals surface area contributed by atoms with Crippen LogP contribution >= 0.6 is 23.4 Å². The summed E-state index contributed by atoms with van der Waals surface area (Å²) in [6.07, 6.45) is 0.816. The van der Waals surface area contributed by atoms with Gasteiger partial charge in [0, 0.05) is 23.3 Å². The summed E-state index contributed by atoms with van der Waals surface area (Å²) in [5, 5.41) is 10.9. The molecule has 7 nitrogen and oxygen atoms in total. The predicted octanol–water partition coefficient (Wildman–Crippen LogP) is 3.88. The Bertz CT molecular complexity index is 1020. The van der Waals surface area contributed by atoms with Gasteiger partial charge in [0.2, 0.25) is 17.0 Å². The van der Waals surface area contributed by atoms with Gasteiger partial charge in [-0.1, -0.05) is 48.5 Å². The number of thioether (sulfide) groups is 1. The number of hydrogen-bond donors (Lipinski definition) is 2. The minimum absolute atomic E-state index is 0.0263. The van der Waals surface area contributed by atoms with Gasteiger partial charge in [-0.3, -0.25) is 14.7 Å². The molecule has 156 valence electrons. The van der Waals surface area contributed by atoms with Gasteiger partial charge in [0.25, 0.3) is 0 Å². The maximum Gasteiger partial charge on any atom is 0.243 e. The summed E-state index contributed by atoms with van der Waals surface area (Å²) >= 11 is 7.10. The van der Waals surface area contributed by atoms with Crippen LogP contribution in [0.25, 0.3) is 11.4 Å². The summed E-state index contributed by atoms with van der Waals surface area (Å²) in [7, 11) is 1.60. The molecular formula is C21H22ClN5O2S. The molecule has 0 aliphatic carbocycles. The standard InChI is InChI=1S/C21H22ClN5O2S/c1-3-14-6-4-5-7-17(14)23-18(28)12-27(2)19(29)13-30-21-24-20(25-26-21)15-8-10-16(22)11-9-15/h4-11H,3,12-13H2,1-2H3,(H,23,28)(H,24,25,26). The fourth-order valence-corrected chi connectivity index (χ4v) is 3.59. The molecule has 0 saturated carbocycles. The van der Waals surface area contributed by atoms with E-state index in [-0.39, 0.29) is 24.1 Å². The van der Waals surface area contributed by atoms with Gasteiger partial charge < -0.3 is 10.2 Å². The number of likely N-dealkylation sites (N-methyl/N-ethyl adjacent to an activating group) is 1. The number of amides is 2. The molecule has 2 aromatic carbocycles. The van der Waals surface area contributed by atoms with Crippen LogP contribution < -0.4 is 5.32 Å². The zero-order chi connectivity index (χ0) is 21.5. The molecule has 0 bridgehead atoms. The molecule has 0 fully saturated rings. The van der Waals surface area contributed by atoms with E-state index in [0.29, 0.717) is 16.0 Å². The van der Waals surface area contributed by atoms with Crippen molar-refractivity contribution >= 4 is 40.9 Å². The number of rotatable bonds is 8. The van der Waals surface area contributed by atoms with E-state index < -0.39 is 0 Å². The van der Waals surface area contributed by atoms with Crippen molar-refractivity contribution in [2.45, 2.75) is 18.5 Å². The summed E-state index contributed by atoms with van der Waals surface area (Å²) in [4.78, 5) is 30.5. The molecule has 0 radical (unpaired) electrons. The molecule has 0 saturated heterocycles. The van der Waals surface area contributed by atoms with Gasteiger partial charge in [0.1, 0.15) is 0 Å². The second kappa shape index (κ2) is 10.3. The first-order valence-corrected chi connectivity index (χ1v) is 10.8. The highest BCUT2D eigenvalue weighted by atomic mass is 35.5. The van der Waals surface area contributed by atoms with E-state index in [1.165, 1.54) is 16.7 Å². The van der Waals surface area contributed by atoms with E-state index in [1.807, 2.05) is 43.3 Å². The van der Waals surface area contributed by atoms with Gasteiger partial charge in [-0.05, 0) is 42.3 Å². The molecule has 3 aromatic rings. The fourth-order valence-electron chi connectivity index (χ4n) is 2.73. The van der Waals surface area contributed by atoms with Crippen LogP contribution in [0.5, 0.6) is 0 Å². The van der Waals surface area contributed by atoms with Crippen LogP contribution in [0.3, 0.4) is 0 Å². The van der Waals surface area contributed by atoms with E-state index in [0.717, 1.165) is 23.2 Å². The van der Waals surface area contributed by atoms with Crippen LogP contribution in [0.15, 0.2) is 53.7 Å². The Balaban J connectivity index is 1.50. The summed E-state index contributed by atoms with van der Waals surface area (Å²) < 4.78 is 0. The molecule has 0 spiro atoms. The third kappa shape index (κ3) is 5.84. The Kier molecular flexibility index (Phi) is 7.48. The average molecular weight is 444 g/mol. The Morgan fingerprint density at radius 3 is 2.63 bits per heavy atom. The highest BCUT2D eigenvalue weighted by Gasteiger charge is 2.16. The summed E-state index contributed by atoms with van der Waals surface area (Å²) in [5.41, 5.74) is 2.68. The fraction of sp³-hybridized carbons (Fsp3) is 0.238. The van der Waals surface area contributed by atoms with E-state index >= 15 is 0 Å². The minimum Gasteiger partial charge on any atom is -0.336 e. The highest BCUT2D eigenvalue weighted by molar-refractivity contribution is 7.99. The van der Waals surface area contributed by atoms with Crippen molar-refractivity contribution in [3.63, 3.8) is 0 Å². The van der Waals surface area contributed by atoms with E-state index in [9.17, 15) is 9.59 Å². The van der Waals surface area contributed by atoms with Crippen molar-refractivity contribution in [1.82, 2.24) is 20.1 Å². The maximum absolute atomic E-state index is 12.4. The third-order valence-corrected chi connectivity index (χ3v) is 5.47. The SMILES string of the molecule is CCc1ccccc1NC(=O)CN(C)C(=O)CSc1n[nH]c(-c2ccc(Cl)cc2)n1. The first-order chi connectivity index (χ1) is 14.5. The maximum atomic E-state index is 12.4. The van der Waals surface area contributed by atoms with Crippen molar-refractivity contribution in [2.24, 2.45) is 0 Å². The number of anilines is 1. The molecule has 2 N–H and O–H groups in total. The summed E-state index contributed by atoms with van der Waals surface area (Å²) in [5.74, 6) is 0.313. The molecule has 9 heteroatoms. The second-order valence-electron chi connectivity index (χ2n) is 6.57. The number of aromatic amines is 1. The number of benzene rings is 2. The van der Waals surface area contributed by atoms with Crippen LogP contribution in [0.4, 0.5) is 5.69 Å². The topological polar surface area (TPSA) is 91.0 Å². The largest absolute Gasteiger partial charge is 0.336 e. The van der Waals surface area contributed by atoms with Crippen molar-refractivity contribution in [2.75, 3.05) is 24.7 Å². The summed E-state index contributed by atoms with van der Waals surface area (Å²) in [6, 6.07) is 14.9. The molecule has 0 aliphatic heterocycles. The molecule has 0 aliphatic rings. The van der Waals surface area contributed by atoms with E-state index in [1.54, 1.807) is 19.2 Å². The minimum atomic E-state index is -0.236. The average Bonchev–Trinajstić information content (AvgIpc) is 3.21. The highest BCUT2D eigenvalue weighted by Crippen LogP contribution is 2.21. The first-order valence-electron chi connectivity index (χ1n) is 9.39. The molecule has 2 amide bonds. The lowest BCUT2D eigenvalue weighted by Crippen LogP contribution is -2.36. The molecule has 1 aromatic heterocycles. The monoisotopic (exact) mass is 443 g/mol. The molecular weight excluding hydrogens is 422 g/mol. The smallest absolute Gasteiger partial charge is 0.243 e. The number of aryl methyl sites for hydroxylation is 1. The Morgan fingerprint density at radius 2 is 1.90 bits per heavy atom. The van der Waals surface area contributed by atoms with Crippen molar-refractivity contribution in [1.29, 1.82) is 0 Å². The number of aromatic nitrogens is 3. The van der Waals surface area contributed by atoms with Gasteiger partial charge in [-0.2, -0.15) is 0 Å². The second-order valence-corrected chi connectivity index (χ2v) is 7.95. The lowest BCUT2D eigenvalue weighted by atomic mass is 10.1. The lowest BCUT2D eigenvalue weighted by Gasteiger charge is -2.17. The number of nitrogens with one attached hydrogen (secondary N) is 2. The van der Waals surface area contributed by atoms with Crippen molar-refractivity contribution < 1.29 is 9.59 Å². The van der Waals surface area contributed by atoms with Crippen molar-refractivity contribution in [3.05, 3.63) is 59.1 Å². The van der Waals surface area contributed by atoms with Gasteiger partial charge >= 0.3 is 0 Å². The van der Waals surface area contributed by atoms with Gasteiger partial charge in [0.05, 0.1) is 12.3 Å². The van der Waals surface area contributed by atoms with Crippen LogP contribution in [0, 0.1) is 0 Å². The van der Waals surface area contributed by atoms with Gasteiger partial charge in [-0.15, -0.1) is 5.10 Å². The predicted molar refractivity (Wildman–Crippen MR) is 120 cm³/mol. The third-order valence-electron chi connectivity index (χ3n) is 4.39. The zero-order valence-electron chi connectivity index (χ0n) is 16.7. The Labute approximate surface area is 184 Å². The molecule has 3 rings (SSSR count). The van der Waals surface area contributed by atoms with Crippen LogP contribution in [0.2, 0.25) is 5.02 Å². The van der Waals surface area contributed by atoms with E-state index in [4.69, 9.17) is 11.6 Å². The lowest BCUT2D eigenvalue weighted by molar-refractivity contribution is -0.131. The van der Waals surface area contributed by atoms with Crippen molar-refractivity contribution in [3.8, 4) is 11.4 Å². The Morgan fingerprint density at radius 1 is 1.17 bits per heavy atom. The molecule has 0 atom stereocenters. The van der Waals surface area contributed by atoms with Gasteiger partial charge in [-0.25, -0.2) is 4.98 Å².